The molecule has 0 bridgehead atoms. The SMILES string of the molecule is C=CCSCCNS(=O)(=O)c1ccccc1N. The molecule has 0 aliphatic rings. The Morgan fingerprint density at radius 3 is 2.76 bits per heavy atom. The van der Waals surface area contributed by atoms with Gasteiger partial charge in [-0.3, -0.25) is 0 Å². The first-order chi connectivity index (χ1) is 8.08. The Kier molecular flexibility index (Phi) is 5.54. The number of hydrogen-bond acceptors (Lipinski definition) is 4. The maximum absolute atomic E-state index is 11.9. The molecular weight excluding hydrogens is 256 g/mol. The van der Waals surface area contributed by atoms with Crippen molar-refractivity contribution in [2.45, 2.75) is 4.90 Å². The Labute approximate surface area is 106 Å². The molecule has 0 heterocycles. The van der Waals surface area contributed by atoms with E-state index in [2.05, 4.69) is 11.3 Å². The molecule has 0 saturated carbocycles. The summed E-state index contributed by atoms with van der Waals surface area (Å²) in [7, 11) is -3.49. The van der Waals surface area contributed by atoms with Gasteiger partial charge in [0.05, 0.1) is 5.69 Å². The molecule has 1 rings (SSSR count). The molecule has 0 amide bonds. The van der Waals surface area contributed by atoms with Gasteiger partial charge in [-0.25, -0.2) is 13.1 Å². The summed E-state index contributed by atoms with van der Waals surface area (Å²) in [5.74, 6) is 1.52. The summed E-state index contributed by atoms with van der Waals surface area (Å²) in [6.45, 7) is 3.97. The highest BCUT2D eigenvalue weighted by Crippen LogP contribution is 2.16. The van der Waals surface area contributed by atoms with Crippen molar-refractivity contribution in [1.82, 2.24) is 4.72 Å². The average Bonchev–Trinajstić information content (AvgIpc) is 2.29. The van der Waals surface area contributed by atoms with Crippen molar-refractivity contribution in [3.63, 3.8) is 0 Å². The number of anilines is 1. The Hall–Kier alpha value is -0.980. The molecule has 3 N–H and O–H groups in total. The molecule has 0 unspecified atom stereocenters. The summed E-state index contributed by atoms with van der Waals surface area (Å²) in [6, 6.07) is 6.42. The molecule has 1 aromatic carbocycles. The highest BCUT2D eigenvalue weighted by atomic mass is 32.2. The van der Waals surface area contributed by atoms with Crippen LogP contribution in [-0.4, -0.2) is 26.5 Å². The summed E-state index contributed by atoms with van der Waals surface area (Å²) in [6.07, 6.45) is 1.79. The van der Waals surface area contributed by atoms with Crippen molar-refractivity contribution >= 4 is 27.5 Å². The van der Waals surface area contributed by atoms with Gasteiger partial charge >= 0.3 is 0 Å². The van der Waals surface area contributed by atoms with Gasteiger partial charge in [-0.2, -0.15) is 11.8 Å². The van der Waals surface area contributed by atoms with Gasteiger partial charge in [0, 0.05) is 18.1 Å². The molecule has 6 heteroatoms. The second-order valence-corrected chi connectivity index (χ2v) is 6.18. The van der Waals surface area contributed by atoms with Crippen molar-refractivity contribution in [2.24, 2.45) is 0 Å². The van der Waals surface area contributed by atoms with Gasteiger partial charge in [-0.05, 0) is 12.1 Å². The minimum Gasteiger partial charge on any atom is -0.398 e. The van der Waals surface area contributed by atoms with Gasteiger partial charge in [-0.1, -0.05) is 18.2 Å². The van der Waals surface area contributed by atoms with Crippen LogP contribution in [0.25, 0.3) is 0 Å². The van der Waals surface area contributed by atoms with Crippen LogP contribution in [0.2, 0.25) is 0 Å². The molecule has 0 aliphatic carbocycles. The van der Waals surface area contributed by atoms with Gasteiger partial charge in [0.1, 0.15) is 4.90 Å². The predicted octanol–water partition coefficient (Wildman–Crippen LogP) is 1.47. The molecular formula is C11H16N2O2S2. The van der Waals surface area contributed by atoms with Gasteiger partial charge in [0.15, 0.2) is 0 Å². The largest absolute Gasteiger partial charge is 0.398 e. The Morgan fingerprint density at radius 1 is 1.41 bits per heavy atom. The Morgan fingerprint density at radius 2 is 2.12 bits per heavy atom. The molecule has 17 heavy (non-hydrogen) atoms. The van der Waals surface area contributed by atoms with Gasteiger partial charge in [0.2, 0.25) is 10.0 Å². The van der Waals surface area contributed by atoms with Crippen LogP contribution >= 0.6 is 11.8 Å². The lowest BCUT2D eigenvalue weighted by atomic mass is 10.3. The quantitative estimate of drug-likeness (QED) is 0.448. The topological polar surface area (TPSA) is 72.2 Å². The van der Waals surface area contributed by atoms with E-state index in [0.29, 0.717) is 12.3 Å². The molecule has 0 fully saturated rings. The third kappa shape index (κ3) is 4.41. The van der Waals surface area contributed by atoms with Crippen molar-refractivity contribution in [3.8, 4) is 0 Å². The van der Waals surface area contributed by atoms with E-state index in [1.165, 1.54) is 6.07 Å². The van der Waals surface area contributed by atoms with Crippen LogP contribution in [0.15, 0.2) is 41.8 Å². The van der Waals surface area contributed by atoms with Crippen LogP contribution in [0, 0.1) is 0 Å². The smallest absolute Gasteiger partial charge is 0.242 e. The molecule has 0 spiro atoms. The molecule has 1 aromatic rings. The van der Waals surface area contributed by atoms with Crippen LogP contribution in [0.1, 0.15) is 0 Å². The van der Waals surface area contributed by atoms with Crippen molar-refractivity contribution in [2.75, 3.05) is 23.8 Å². The number of benzene rings is 1. The second-order valence-electron chi connectivity index (χ2n) is 3.30. The van der Waals surface area contributed by atoms with Crippen molar-refractivity contribution in [3.05, 3.63) is 36.9 Å². The highest BCUT2D eigenvalue weighted by Gasteiger charge is 2.15. The number of nitrogens with one attached hydrogen (secondary N) is 1. The van der Waals surface area contributed by atoms with E-state index >= 15 is 0 Å². The van der Waals surface area contributed by atoms with Crippen LogP contribution in [-0.2, 0) is 10.0 Å². The normalized spacial score (nSPS) is 11.3. The lowest BCUT2D eigenvalue weighted by Crippen LogP contribution is -2.26. The van der Waals surface area contributed by atoms with E-state index < -0.39 is 10.0 Å². The maximum atomic E-state index is 11.9. The minimum atomic E-state index is -3.49. The van der Waals surface area contributed by atoms with E-state index in [1.807, 2.05) is 0 Å². The fourth-order valence-electron chi connectivity index (χ4n) is 1.22. The van der Waals surface area contributed by atoms with Crippen LogP contribution in [0.3, 0.4) is 0 Å². The molecule has 0 aromatic heterocycles. The summed E-state index contributed by atoms with van der Waals surface area (Å²) in [5.41, 5.74) is 5.88. The molecule has 94 valence electrons. The Bertz CT molecular complexity index is 472. The molecule has 0 atom stereocenters. The maximum Gasteiger partial charge on any atom is 0.242 e. The lowest BCUT2D eigenvalue weighted by molar-refractivity contribution is 0.584. The summed E-state index contributed by atoms with van der Waals surface area (Å²) in [5, 5.41) is 0. The van der Waals surface area contributed by atoms with E-state index in [9.17, 15) is 8.42 Å². The lowest BCUT2D eigenvalue weighted by Gasteiger charge is -2.08. The average molecular weight is 272 g/mol. The number of nitrogens with two attached hydrogens (primary N) is 1. The minimum absolute atomic E-state index is 0.133. The van der Waals surface area contributed by atoms with E-state index in [4.69, 9.17) is 5.73 Å². The third-order valence-corrected chi connectivity index (χ3v) is 4.48. The zero-order valence-corrected chi connectivity index (χ0v) is 11.1. The second kappa shape index (κ2) is 6.68. The predicted molar refractivity (Wildman–Crippen MR) is 73.6 cm³/mol. The monoisotopic (exact) mass is 272 g/mol. The summed E-state index contributed by atoms with van der Waals surface area (Å²) >= 11 is 1.62. The first kappa shape index (κ1) is 14.1. The zero-order chi connectivity index (χ0) is 12.7. The van der Waals surface area contributed by atoms with Gasteiger partial charge in [-0.15, -0.1) is 6.58 Å². The fourth-order valence-corrected chi connectivity index (χ4v) is 3.09. The number of para-hydroxylation sites is 1. The van der Waals surface area contributed by atoms with Gasteiger partial charge in [0.25, 0.3) is 0 Å². The van der Waals surface area contributed by atoms with Crippen molar-refractivity contribution in [1.29, 1.82) is 0 Å². The fraction of sp³-hybridized carbons (Fsp3) is 0.273. The molecule has 0 saturated heterocycles. The van der Waals surface area contributed by atoms with E-state index in [0.717, 1.165) is 5.75 Å². The number of rotatable bonds is 7. The van der Waals surface area contributed by atoms with Crippen molar-refractivity contribution < 1.29 is 8.42 Å². The standard InChI is InChI=1S/C11H16N2O2S2/c1-2-8-16-9-7-13-17(14,15)11-6-4-3-5-10(11)12/h2-6,13H,1,7-9,12H2. The number of thioether (sulfide) groups is 1. The molecule has 0 aliphatic heterocycles. The summed E-state index contributed by atoms with van der Waals surface area (Å²) < 4.78 is 26.2. The molecule has 0 radical (unpaired) electrons. The highest BCUT2D eigenvalue weighted by molar-refractivity contribution is 7.99. The molecule has 4 nitrogen and oxygen atoms in total. The van der Waals surface area contributed by atoms with Crippen LogP contribution in [0.4, 0.5) is 5.69 Å². The summed E-state index contributed by atoms with van der Waals surface area (Å²) in [4.78, 5) is 0.133. The first-order valence-electron chi connectivity index (χ1n) is 5.11. The first-order valence-corrected chi connectivity index (χ1v) is 7.74. The van der Waals surface area contributed by atoms with E-state index in [1.54, 1.807) is 36.0 Å². The number of sulfonamides is 1. The van der Waals surface area contributed by atoms with E-state index in [-0.39, 0.29) is 10.6 Å². The number of hydrogen-bond donors (Lipinski definition) is 2. The van der Waals surface area contributed by atoms with Crippen LogP contribution < -0.4 is 10.5 Å². The zero-order valence-electron chi connectivity index (χ0n) is 9.43. The third-order valence-electron chi connectivity index (χ3n) is 1.98. The Balaban J connectivity index is 2.58. The van der Waals surface area contributed by atoms with Crippen LogP contribution in [0.5, 0.6) is 0 Å². The van der Waals surface area contributed by atoms with Gasteiger partial charge < -0.3 is 5.73 Å². The number of nitrogen functional groups attached to an aromatic ring is 1.